The van der Waals surface area contributed by atoms with E-state index in [4.69, 9.17) is 0 Å². The molecule has 2 bridgehead atoms. The molecule has 7 nitrogen and oxygen atoms in total. The fraction of sp³-hybridized carbons (Fsp3) is 0.409. The maximum Gasteiger partial charge on any atom is 0.275 e. The molecule has 2 fully saturated rings. The lowest BCUT2D eigenvalue weighted by Crippen LogP contribution is -2.52. The molecule has 2 N–H and O–H groups in total. The van der Waals surface area contributed by atoms with Crippen LogP contribution in [0.3, 0.4) is 0 Å². The molecular weight excluding hydrogens is 427 g/mol. The number of aromatic nitrogens is 1. The van der Waals surface area contributed by atoms with Crippen molar-refractivity contribution < 1.29 is 27.9 Å². The zero-order valence-corrected chi connectivity index (χ0v) is 17.1. The lowest BCUT2D eigenvalue weighted by Gasteiger charge is -2.40. The van der Waals surface area contributed by atoms with Gasteiger partial charge in [0.05, 0.1) is 6.04 Å². The number of benzene rings is 1. The molecule has 2 aromatic rings. The molecule has 10 heteroatoms. The molecule has 3 aliphatic rings. The molecular formula is C22H20F3N3O4. The maximum atomic E-state index is 13.8. The average molecular weight is 447 g/mol. The van der Waals surface area contributed by atoms with Gasteiger partial charge < -0.3 is 19.9 Å². The predicted octanol–water partition coefficient (Wildman–Crippen LogP) is 2.15. The first kappa shape index (κ1) is 20.6. The molecule has 32 heavy (non-hydrogen) atoms. The van der Waals surface area contributed by atoms with Gasteiger partial charge >= 0.3 is 0 Å². The van der Waals surface area contributed by atoms with Crippen molar-refractivity contribution in [2.24, 2.45) is 11.8 Å². The zero-order chi connectivity index (χ0) is 22.9. The molecule has 2 amide bonds. The van der Waals surface area contributed by atoms with Gasteiger partial charge in [0.1, 0.15) is 5.56 Å². The van der Waals surface area contributed by atoms with E-state index >= 15 is 0 Å². The van der Waals surface area contributed by atoms with Gasteiger partial charge in [-0.25, -0.2) is 13.2 Å². The number of nitrogens with zero attached hydrogens (tertiary/aromatic N) is 2. The van der Waals surface area contributed by atoms with Crippen LogP contribution < -0.4 is 10.7 Å². The molecule has 1 aliphatic carbocycles. The van der Waals surface area contributed by atoms with Crippen LogP contribution in [-0.2, 0) is 13.1 Å². The van der Waals surface area contributed by atoms with Crippen LogP contribution in [0, 0.1) is 29.3 Å². The van der Waals surface area contributed by atoms with Crippen molar-refractivity contribution in [1.29, 1.82) is 0 Å². The van der Waals surface area contributed by atoms with Crippen LogP contribution in [0.15, 0.2) is 23.1 Å². The number of rotatable bonds is 3. The fourth-order valence-electron chi connectivity index (χ4n) is 5.56. The van der Waals surface area contributed by atoms with Crippen LogP contribution in [0.5, 0.6) is 5.75 Å². The Labute approximate surface area is 180 Å². The van der Waals surface area contributed by atoms with Crippen LogP contribution in [0.4, 0.5) is 13.2 Å². The Morgan fingerprint density at radius 2 is 1.91 bits per heavy atom. The van der Waals surface area contributed by atoms with E-state index in [1.54, 1.807) is 4.90 Å². The second kappa shape index (κ2) is 7.11. The third-order valence-corrected chi connectivity index (χ3v) is 7.16. The molecule has 0 unspecified atom stereocenters. The summed E-state index contributed by atoms with van der Waals surface area (Å²) in [5, 5.41) is 12.8. The number of halogens is 3. The maximum absolute atomic E-state index is 13.8. The van der Waals surface area contributed by atoms with Gasteiger partial charge in [-0.3, -0.25) is 14.4 Å². The summed E-state index contributed by atoms with van der Waals surface area (Å²) in [6.07, 6.45) is 3.11. The smallest absolute Gasteiger partial charge is 0.275 e. The first-order chi connectivity index (χ1) is 15.2. The number of fused-ring (bicyclic) bond motifs is 6. The molecule has 1 saturated heterocycles. The van der Waals surface area contributed by atoms with E-state index in [0.29, 0.717) is 18.4 Å². The predicted molar refractivity (Wildman–Crippen MR) is 105 cm³/mol. The van der Waals surface area contributed by atoms with Crippen LogP contribution in [0.2, 0.25) is 0 Å². The van der Waals surface area contributed by atoms with E-state index in [1.807, 2.05) is 0 Å². The quantitative estimate of drug-likeness (QED) is 0.706. The van der Waals surface area contributed by atoms with Crippen molar-refractivity contribution in [3.05, 3.63) is 62.8 Å². The van der Waals surface area contributed by atoms with Crippen molar-refractivity contribution in [2.75, 3.05) is 0 Å². The first-order valence-electron chi connectivity index (χ1n) is 10.4. The Hall–Kier alpha value is -3.30. The molecule has 4 atom stereocenters. The number of nitrogens with one attached hydrogen (secondary N) is 1. The molecule has 1 saturated carbocycles. The molecule has 0 radical (unpaired) electrons. The summed E-state index contributed by atoms with van der Waals surface area (Å²) in [5.74, 6) is -5.99. The number of pyridine rings is 1. The Morgan fingerprint density at radius 1 is 1.16 bits per heavy atom. The highest BCUT2D eigenvalue weighted by Gasteiger charge is 2.55. The Morgan fingerprint density at radius 3 is 2.66 bits per heavy atom. The average Bonchev–Trinajstić information content (AvgIpc) is 3.26. The minimum Gasteiger partial charge on any atom is -0.503 e. The van der Waals surface area contributed by atoms with Crippen LogP contribution >= 0.6 is 0 Å². The molecule has 168 valence electrons. The highest BCUT2D eigenvalue weighted by atomic mass is 19.2. The third kappa shape index (κ3) is 2.78. The highest BCUT2D eigenvalue weighted by Crippen LogP contribution is 2.49. The molecule has 3 heterocycles. The molecule has 0 spiro atoms. The number of amides is 2. The number of carbonyl (C=O) groups excluding carboxylic acids is 2. The fourth-order valence-corrected chi connectivity index (χ4v) is 5.56. The van der Waals surface area contributed by atoms with Crippen LogP contribution in [0.1, 0.15) is 46.2 Å². The van der Waals surface area contributed by atoms with Crippen molar-refractivity contribution in [1.82, 2.24) is 14.8 Å². The van der Waals surface area contributed by atoms with Crippen LogP contribution in [0.25, 0.3) is 0 Å². The van der Waals surface area contributed by atoms with Gasteiger partial charge in [-0.1, -0.05) is 13.0 Å². The first-order valence-corrected chi connectivity index (χ1v) is 10.4. The SMILES string of the molecule is C[C@H]1[C@H]2CC[C@@H]1N1C(=O)c3c(O)c(=O)c(C(=O)NCc4ccc(F)c(F)c4F)cn3C[C@@H]21. The summed E-state index contributed by atoms with van der Waals surface area (Å²) in [5.41, 5.74) is -1.90. The van der Waals surface area contributed by atoms with E-state index in [-0.39, 0.29) is 23.3 Å². The molecule has 1 aromatic carbocycles. The second-order valence-electron chi connectivity index (χ2n) is 8.69. The highest BCUT2D eigenvalue weighted by molar-refractivity contribution is 5.99. The van der Waals surface area contributed by atoms with Crippen molar-refractivity contribution in [2.45, 2.75) is 44.9 Å². The van der Waals surface area contributed by atoms with E-state index in [1.165, 1.54) is 10.8 Å². The van der Waals surface area contributed by atoms with Gasteiger partial charge in [0.2, 0.25) is 5.43 Å². The van der Waals surface area contributed by atoms with Gasteiger partial charge in [-0.2, -0.15) is 0 Å². The van der Waals surface area contributed by atoms with Crippen molar-refractivity contribution in [3.8, 4) is 5.75 Å². The van der Waals surface area contributed by atoms with Crippen molar-refractivity contribution >= 4 is 11.8 Å². The Bertz CT molecular complexity index is 1230. The van der Waals surface area contributed by atoms with E-state index in [9.17, 15) is 32.7 Å². The van der Waals surface area contributed by atoms with Gasteiger partial charge in [-0.05, 0) is 30.7 Å². The lowest BCUT2D eigenvalue weighted by atomic mass is 9.92. The molecule has 1 aromatic heterocycles. The number of hydrogen-bond donors (Lipinski definition) is 2. The van der Waals surface area contributed by atoms with Gasteiger partial charge in [0, 0.05) is 30.9 Å². The van der Waals surface area contributed by atoms with Crippen molar-refractivity contribution in [3.63, 3.8) is 0 Å². The third-order valence-electron chi connectivity index (χ3n) is 7.16. The van der Waals surface area contributed by atoms with Gasteiger partial charge in [-0.15, -0.1) is 0 Å². The molecule has 2 aliphatic heterocycles. The lowest BCUT2D eigenvalue weighted by molar-refractivity contribution is 0.0479. The Kier molecular flexibility index (Phi) is 4.58. The number of aromatic hydroxyl groups is 1. The zero-order valence-electron chi connectivity index (χ0n) is 17.1. The topological polar surface area (TPSA) is 91.6 Å². The largest absolute Gasteiger partial charge is 0.503 e. The van der Waals surface area contributed by atoms with Gasteiger partial charge in [0.15, 0.2) is 28.9 Å². The standard InChI is InChI=1S/C22H20F3N3O4/c1-9-11-3-5-14(9)28-15(11)8-27-7-12(19(29)20(30)18(27)22(28)32)21(31)26-6-10-2-4-13(23)17(25)16(10)24/h2,4,7,9,11,14-15,30H,3,5-6,8H2,1H3,(H,26,31)/t9-,11+,14-,15-/m0/s1. The summed E-state index contributed by atoms with van der Waals surface area (Å²) < 4.78 is 41.7. The van der Waals surface area contributed by atoms with Gasteiger partial charge in [0.25, 0.3) is 11.8 Å². The summed E-state index contributed by atoms with van der Waals surface area (Å²) in [4.78, 5) is 40.1. The summed E-state index contributed by atoms with van der Waals surface area (Å²) in [7, 11) is 0. The normalized spacial score (nSPS) is 25.6. The minimum absolute atomic E-state index is 0.0714. The van der Waals surface area contributed by atoms with Crippen LogP contribution in [-0.4, -0.2) is 38.5 Å². The summed E-state index contributed by atoms with van der Waals surface area (Å²) in [6.45, 7) is 1.94. The Balaban J connectivity index is 1.44. The minimum atomic E-state index is -1.66. The number of carbonyl (C=O) groups is 2. The number of hydrogen-bond acceptors (Lipinski definition) is 4. The van der Waals surface area contributed by atoms with E-state index < -0.39 is 52.6 Å². The summed E-state index contributed by atoms with van der Waals surface area (Å²) in [6, 6.07) is 1.72. The van der Waals surface area contributed by atoms with E-state index in [2.05, 4.69) is 12.2 Å². The molecule has 5 rings (SSSR count). The van der Waals surface area contributed by atoms with E-state index in [0.717, 1.165) is 25.0 Å². The second-order valence-corrected chi connectivity index (χ2v) is 8.69. The monoisotopic (exact) mass is 447 g/mol. The summed E-state index contributed by atoms with van der Waals surface area (Å²) >= 11 is 0. The number of piperidine rings is 1.